The van der Waals surface area contributed by atoms with Crippen LogP contribution in [0.3, 0.4) is 0 Å². The van der Waals surface area contributed by atoms with Gasteiger partial charge >= 0.3 is 0 Å². The zero-order valence-corrected chi connectivity index (χ0v) is 17.5. The van der Waals surface area contributed by atoms with Crippen LogP contribution in [-0.2, 0) is 26.5 Å². The summed E-state index contributed by atoms with van der Waals surface area (Å²) in [5.74, 6) is 0. The molecule has 0 radical (unpaired) electrons. The van der Waals surface area contributed by atoms with E-state index in [4.69, 9.17) is 5.26 Å². The predicted molar refractivity (Wildman–Crippen MR) is 109 cm³/mol. The van der Waals surface area contributed by atoms with Crippen molar-refractivity contribution in [3.8, 4) is 6.07 Å². The number of aromatic nitrogens is 2. The Kier molecular flexibility index (Phi) is 5.83. The van der Waals surface area contributed by atoms with Gasteiger partial charge < -0.3 is 0 Å². The van der Waals surface area contributed by atoms with Gasteiger partial charge in [0.05, 0.1) is 21.4 Å². The Balaban J connectivity index is 1.78. The van der Waals surface area contributed by atoms with Crippen LogP contribution in [0.15, 0.2) is 58.3 Å². The van der Waals surface area contributed by atoms with E-state index in [1.165, 1.54) is 48.5 Å². The van der Waals surface area contributed by atoms with Gasteiger partial charge in [-0.1, -0.05) is 24.3 Å². The van der Waals surface area contributed by atoms with Crippen LogP contribution in [0, 0.1) is 11.3 Å². The number of hydrogen-bond donors (Lipinski definition) is 2. The zero-order valence-electron chi connectivity index (χ0n) is 15.0. The van der Waals surface area contributed by atoms with Crippen molar-refractivity contribution in [3.63, 3.8) is 0 Å². The minimum Gasteiger partial charge on any atom is -0.280 e. The number of benzene rings is 2. The molecule has 12 heteroatoms. The fourth-order valence-electron chi connectivity index (χ4n) is 2.26. The zero-order chi connectivity index (χ0) is 21.1. The number of hydrogen-bond acceptors (Lipinski definition) is 8. The van der Waals surface area contributed by atoms with E-state index in [-0.39, 0.29) is 26.2 Å². The molecule has 0 aliphatic carbocycles. The molecule has 3 rings (SSSR count). The second-order valence-corrected chi connectivity index (χ2v) is 10.2. The summed E-state index contributed by atoms with van der Waals surface area (Å²) in [6.45, 7) is 1.88. The summed E-state index contributed by atoms with van der Waals surface area (Å²) in [5.41, 5.74) is 0.388. The number of aryl methyl sites for hydroxylation is 1. The van der Waals surface area contributed by atoms with Crippen LogP contribution in [0.4, 0.5) is 10.8 Å². The van der Waals surface area contributed by atoms with E-state index in [9.17, 15) is 16.8 Å². The predicted octanol–water partition coefficient (Wildman–Crippen LogP) is 2.57. The minimum absolute atomic E-state index is 0.0554. The van der Waals surface area contributed by atoms with Crippen molar-refractivity contribution in [2.45, 2.75) is 23.1 Å². The summed E-state index contributed by atoms with van der Waals surface area (Å²) >= 11 is 1.14. The molecular formula is C17H15N5O4S3. The maximum absolute atomic E-state index is 12.5. The molecular weight excluding hydrogens is 434 g/mol. The number of anilines is 2. The van der Waals surface area contributed by atoms with Crippen molar-refractivity contribution in [2.75, 3.05) is 9.44 Å². The first-order valence-electron chi connectivity index (χ1n) is 8.22. The van der Waals surface area contributed by atoms with Gasteiger partial charge in [0.2, 0.25) is 5.13 Å². The molecule has 0 aliphatic heterocycles. The third kappa shape index (κ3) is 4.89. The highest BCUT2D eigenvalue weighted by atomic mass is 32.2. The van der Waals surface area contributed by atoms with E-state index in [2.05, 4.69) is 19.6 Å². The topological polar surface area (TPSA) is 142 Å². The monoisotopic (exact) mass is 449 g/mol. The molecule has 0 fully saturated rings. The molecule has 1 aromatic heterocycles. The molecule has 0 aliphatic rings. The SMILES string of the molecule is CCc1nnc(NS(=O)(=O)c2ccc(NS(=O)(=O)c3cccc(C#N)c3)cc2)s1. The van der Waals surface area contributed by atoms with Gasteiger partial charge in [-0.3, -0.25) is 9.44 Å². The van der Waals surface area contributed by atoms with Gasteiger partial charge in [-0.25, -0.2) is 16.8 Å². The Morgan fingerprint density at radius 2 is 1.66 bits per heavy atom. The van der Waals surface area contributed by atoms with Crippen LogP contribution in [0.25, 0.3) is 0 Å². The Hall–Kier alpha value is -3.01. The summed E-state index contributed by atoms with van der Waals surface area (Å²) < 4.78 is 54.5. The van der Waals surface area contributed by atoms with Crippen LogP contribution >= 0.6 is 11.3 Å². The highest BCUT2D eigenvalue weighted by Crippen LogP contribution is 2.22. The average Bonchev–Trinajstić information content (AvgIpc) is 3.15. The van der Waals surface area contributed by atoms with E-state index in [1.807, 2.05) is 13.0 Å². The van der Waals surface area contributed by atoms with E-state index in [0.717, 1.165) is 11.3 Å². The van der Waals surface area contributed by atoms with Crippen LogP contribution < -0.4 is 9.44 Å². The summed E-state index contributed by atoms with van der Waals surface area (Å²) in [6.07, 6.45) is 0.644. The first kappa shape index (κ1) is 20.7. The Morgan fingerprint density at radius 1 is 0.966 bits per heavy atom. The third-order valence-corrected chi connectivity index (χ3v) is 7.53. The third-order valence-electron chi connectivity index (χ3n) is 3.68. The fourth-order valence-corrected chi connectivity index (χ4v) is 5.27. The summed E-state index contributed by atoms with van der Waals surface area (Å²) in [6, 6.07) is 12.6. The van der Waals surface area contributed by atoms with Gasteiger partial charge in [-0.2, -0.15) is 5.26 Å². The molecule has 0 saturated carbocycles. The van der Waals surface area contributed by atoms with Crippen molar-refractivity contribution in [1.29, 1.82) is 5.26 Å². The van der Waals surface area contributed by atoms with Crippen LogP contribution in [0.2, 0.25) is 0 Å². The molecule has 0 atom stereocenters. The van der Waals surface area contributed by atoms with Gasteiger partial charge in [0.25, 0.3) is 20.0 Å². The van der Waals surface area contributed by atoms with E-state index in [1.54, 1.807) is 0 Å². The van der Waals surface area contributed by atoms with Crippen molar-refractivity contribution in [3.05, 3.63) is 59.1 Å². The van der Waals surface area contributed by atoms with Crippen LogP contribution in [0.5, 0.6) is 0 Å². The van der Waals surface area contributed by atoms with Gasteiger partial charge in [-0.15, -0.1) is 10.2 Å². The molecule has 0 amide bonds. The largest absolute Gasteiger partial charge is 0.280 e. The van der Waals surface area contributed by atoms with Crippen LogP contribution in [0.1, 0.15) is 17.5 Å². The molecule has 3 aromatic rings. The lowest BCUT2D eigenvalue weighted by molar-refractivity contribution is 0.600. The van der Waals surface area contributed by atoms with Crippen molar-refractivity contribution >= 4 is 42.2 Å². The number of rotatable bonds is 7. The number of nitriles is 1. The maximum Gasteiger partial charge on any atom is 0.263 e. The second kappa shape index (κ2) is 8.16. The van der Waals surface area contributed by atoms with Gasteiger partial charge in [0.1, 0.15) is 5.01 Å². The Morgan fingerprint density at radius 3 is 2.28 bits per heavy atom. The van der Waals surface area contributed by atoms with Crippen molar-refractivity contribution in [2.24, 2.45) is 0 Å². The van der Waals surface area contributed by atoms with Gasteiger partial charge in [-0.05, 0) is 48.9 Å². The summed E-state index contributed by atoms with van der Waals surface area (Å²) in [5, 5.41) is 17.4. The quantitative estimate of drug-likeness (QED) is 0.564. The normalized spacial score (nSPS) is 11.6. The average molecular weight is 450 g/mol. The number of nitrogens with one attached hydrogen (secondary N) is 2. The summed E-state index contributed by atoms with van der Waals surface area (Å²) in [7, 11) is -7.81. The van der Waals surface area contributed by atoms with Crippen LogP contribution in [-0.4, -0.2) is 27.0 Å². The second-order valence-electron chi connectivity index (χ2n) is 5.73. The smallest absolute Gasteiger partial charge is 0.263 e. The molecule has 9 nitrogen and oxygen atoms in total. The first-order chi connectivity index (χ1) is 13.7. The van der Waals surface area contributed by atoms with E-state index < -0.39 is 20.0 Å². The van der Waals surface area contributed by atoms with Crippen molar-refractivity contribution in [1.82, 2.24) is 10.2 Å². The molecule has 0 unspecified atom stereocenters. The standard InChI is InChI=1S/C17H15N5O4S3/c1-2-16-19-20-17(27-16)22-28(23,24)14-8-6-13(7-9-14)21-29(25,26)15-5-3-4-12(10-15)11-18/h3-10,21H,2H2,1H3,(H,20,22). The molecule has 1 heterocycles. The lowest BCUT2D eigenvalue weighted by atomic mass is 10.2. The number of sulfonamides is 2. The lowest BCUT2D eigenvalue weighted by Crippen LogP contribution is -2.14. The molecule has 0 spiro atoms. The molecule has 2 N–H and O–H groups in total. The fraction of sp³-hybridized carbons (Fsp3) is 0.118. The minimum atomic E-state index is -3.93. The highest BCUT2D eigenvalue weighted by molar-refractivity contribution is 7.93. The lowest BCUT2D eigenvalue weighted by Gasteiger charge is -2.09. The Labute approximate surface area is 172 Å². The molecule has 29 heavy (non-hydrogen) atoms. The molecule has 0 bridgehead atoms. The molecule has 0 saturated heterocycles. The molecule has 2 aromatic carbocycles. The van der Waals surface area contributed by atoms with Gasteiger partial charge in [0.15, 0.2) is 0 Å². The first-order valence-corrected chi connectivity index (χ1v) is 12.0. The number of nitrogens with zero attached hydrogens (tertiary/aromatic N) is 3. The van der Waals surface area contributed by atoms with E-state index >= 15 is 0 Å². The van der Waals surface area contributed by atoms with Crippen molar-refractivity contribution < 1.29 is 16.8 Å². The molecule has 150 valence electrons. The summed E-state index contributed by atoms with van der Waals surface area (Å²) in [4.78, 5) is -0.127. The maximum atomic E-state index is 12.5. The Bertz CT molecular complexity index is 1280. The van der Waals surface area contributed by atoms with Gasteiger partial charge in [0, 0.05) is 5.69 Å². The van der Waals surface area contributed by atoms with E-state index in [0.29, 0.717) is 11.4 Å². The highest BCUT2D eigenvalue weighted by Gasteiger charge is 2.18.